The predicted molar refractivity (Wildman–Crippen MR) is 127 cm³/mol. The molecule has 5 nitrogen and oxygen atoms in total. The molecule has 4 aromatic rings. The Labute approximate surface area is 196 Å². The molecule has 4 rings (SSSR count). The molecule has 0 aliphatic heterocycles. The van der Waals surface area contributed by atoms with Crippen LogP contribution in [-0.2, 0) is 5.75 Å². The number of aromatic nitrogens is 1. The minimum absolute atomic E-state index is 0.137. The summed E-state index contributed by atoms with van der Waals surface area (Å²) >= 11 is 1.33. The molecule has 0 radical (unpaired) electrons. The van der Waals surface area contributed by atoms with E-state index in [0.29, 0.717) is 21.9 Å². The van der Waals surface area contributed by atoms with Crippen LogP contribution in [0.1, 0.15) is 21.5 Å². The first kappa shape index (κ1) is 22.1. The predicted octanol–water partition coefficient (Wildman–Crippen LogP) is 4.95. The van der Waals surface area contributed by atoms with Crippen molar-refractivity contribution >= 4 is 17.7 Å². The lowest BCUT2D eigenvalue weighted by Gasteiger charge is -2.14. The number of pyridine rings is 1. The van der Waals surface area contributed by atoms with E-state index >= 15 is 0 Å². The smallest absolute Gasteiger partial charge is 0.118 e. The largest absolute Gasteiger partial charge is 0.545 e. The number of methoxy groups -OCH3 is 1. The first-order valence-corrected chi connectivity index (χ1v) is 11.2. The Balaban J connectivity index is 1.81. The molecule has 33 heavy (non-hydrogen) atoms. The number of aromatic carboxylic acids is 1. The Kier molecular flexibility index (Phi) is 6.72. The number of rotatable bonds is 7. The molecule has 0 aliphatic rings. The Bertz CT molecular complexity index is 1330. The Morgan fingerprint density at radius 2 is 1.70 bits per heavy atom. The Morgan fingerprint density at radius 1 is 1.00 bits per heavy atom. The number of hydrogen-bond acceptors (Lipinski definition) is 6. The quantitative estimate of drug-likeness (QED) is 0.370. The molecule has 0 bridgehead atoms. The van der Waals surface area contributed by atoms with Gasteiger partial charge in [-0.1, -0.05) is 66.7 Å². The number of carboxylic acid groups (broad SMARTS) is 1. The third-order valence-corrected chi connectivity index (χ3v) is 6.19. The maximum Gasteiger partial charge on any atom is 0.118 e. The molecule has 0 spiro atoms. The lowest BCUT2D eigenvalue weighted by molar-refractivity contribution is -0.255. The van der Waals surface area contributed by atoms with Crippen LogP contribution in [-0.4, -0.2) is 18.1 Å². The second-order valence-corrected chi connectivity index (χ2v) is 8.14. The monoisotopic (exact) mass is 451 g/mol. The van der Waals surface area contributed by atoms with Crippen molar-refractivity contribution in [1.29, 1.82) is 5.26 Å². The van der Waals surface area contributed by atoms with Gasteiger partial charge in [0, 0.05) is 22.4 Å². The molecule has 0 amide bonds. The van der Waals surface area contributed by atoms with Crippen LogP contribution in [0.25, 0.3) is 22.4 Å². The van der Waals surface area contributed by atoms with E-state index < -0.39 is 5.97 Å². The zero-order valence-electron chi connectivity index (χ0n) is 17.8. The fourth-order valence-electron chi connectivity index (χ4n) is 3.48. The Hall–Kier alpha value is -4.08. The SMILES string of the molecule is COc1ccc(-c2cc(-c3ccccc3)nc(SCc3ccccc3C(=O)[O-])c2C#N)cc1. The van der Waals surface area contributed by atoms with E-state index in [1.807, 2.05) is 60.7 Å². The molecule has 1 heterocycles. The summed E-state index contributed by atoms with van der Waals surface area (Å²) in [7, 11) is 1.61. The number of ether oxygens (including phenoxy) is 1. The number of hydrogen-bond donors (Lipinski definition) is 0. The highest BCUT2D eigenvalue weighted by molar-refractivity contribution is 7.98. The molecular weight excluding hydrogens is 432 g/mol. The molecule has 0 atom stereocenters. The summed E-state index contributed by atoms with van der Waals surface area (Å²) in [5.41, 5.74) is 4.47. The first-order valence-electron chi connectivity index (χ1n) is 10.2. The fourth-order valence-corrected chi connectivity index (χ4v) is 4.49. The fraction of sp³-hybridized carbons (Fsp3) is 0.0741. The first-order chi connectivity index (χ1) is 16.1. The normalized spacial score (nSPS) is 10.4. The van der Waals surface area contributed by atoms with Crippen LogP contribution in [0.15, 0.2) is 90.0 Å². The average Bonchev–Trinajstić information content (AvgIpc) is 2.87. The van der Waals surface area contributed by atoms with Gasteiger partial charge < -0.3 is 14.6 Å². The summed E-state index contributed by atoms with van der Waals surface area (Å²) in [5.74, 6) is -0.161. The van der Waals surface area contributed by atoms with Crippen LogP contribution in [0.5, 0.6) is 5.75 Å². The number of benzene rings is 3. The van der Waals surface area contributed by atoms with Gasteiger partial charge in [-0.3, -0.25) is 0 Å². The van der Waals surface area contributed by atoms with Crippen LogP contribution in [0.3, 0.4) is 0 Å². The van der Waals surface area contributed by atoms with E-state index in [-0.39, 0.29) is 5.56 Å². The summed E-state index contributed by atoms with van der Waals surface area (Å²) in [4.78, 5) is 16.3. The summed E-state index contributed by atoms with van der Waals surface area (Å²) < 4.78 is 5.26. The number of thioether (sulfide) groups is 1. The molecule has 0 unspecified atom stereocenters. The van der Waals surface area contributed by atoms with Crippen LogP contribution < -0.4 is 9.84 Å². The van der Waals surface area contributed by atoms with Crippen molar-refractivity contribution in [1.82, 2.24) is 4.98 Å². The van der Waals surface area contributed by atoms with E-state index in [1.54, 1.807) is 25.3 Å². The van der Waals surface area contributed by atoms with E-state index in [4.69, 9.17) is 9.72 Å². The minimum Gasteiger partial charge on any atom is -0.545 e. The Morgan fingerprint density at radius 3 is 2.36 bits per heavy atom. The number of carboxylic acids is 1. The van der Waals surface area contributed by atoms with E-state index in [1.165, 1.54) is 17.8 Å². The summed E-state index contributed by atoms with van der Waals surface area (Å²) in [5, 5.41) is 22.1. The maximum absolute atomic E-state index is 11.5. The molecular formula is C27H19N2O3S-. The van der Waals surface area contributed by atoms with Gasteiger partial charge in [-0.25, -0.2) is 4.98 Å². The van der Waals surface area contributed by atoms with Crippen LogP contribution in [0.2, 0.25) is 0 Å². The van der Waals surface area contributed by atoms with Crippen molar-refractivity contribution in [2.24, 2.45) is 0 Å². The van der Waals surface area contributed by atoms with Gasteiger partial charge in [0.2, 0.25) is 0 Å². The molecule has 0 aliphatic carbocycles. The van der Waals surface area contributed by atoms with Crippen molar-refractivity contribution in [2.75, 3.05) is 7.11 Å². The highest BCUT2D eigenvalue weighted by atomic mass is 32.2. The van der Waals surface area contributed by atoms with Gasteiger partial charge in [0.05, 0.1) is 24.3 Å². The minimum atomic E-state index is -1.23. The topological polar surface area (TPSA) is 86.0 Å². The number of nitriles is 1. The number of carbonyl (C=O) groups is 1. The zero-order chi connectivity index (χ0) is 23.2. The highest BCUT2D eigenvalue weighted by Crippen LogP contribution is 2.36. The van der Waals surface area contributed by atoms with Crippen LogP contribution in [0, 0.1) is 11.3 Å². The molecule has 0 saturated carbocycles. The van der Waals surface area contributed by atoms with Gasteiger partial charge >= 0.3 is 0 Å². The lowest BCUT2D eigenvalue weighted by Crippen LogP contribution is -2.23. The van der Waals surface area contributed by atoms with Crippen molar-refractivity contribution in [3.63, 3.8) is 0 Å². The van der Waals surface area contributed by atoms with Gasteiger partial charge in [0.25, 0.3) is 0 Å². The van der Waals surface area contributed by atoms with Crippen LogP contribution >= 0.6 is 11.8 Å². The van der Waals surface area contributed by atoms with E-state index in [9.17, 15) is 15.2 Å². The maximum atomic E-state index is 11.5. The standard InChI is InChI=1S/C27H20N2O3S/c1-32-21-13-11-18(12-14-21)23-15-25(19-7-3-2-4-8-19)29-26(24(23)16-28)33-17-20-9-5-6-10-22(20)27(30)31/h2-15H,17H2,1H3,(H,30,31)/p-1. The molecule has 3 aromatic carbocycles. The van der Waals surface area contributed by atoms with Gasteiger partial charge in [0.1, 0.15) is 16.8 Å². The van der Waals surface area contributed by atoms with Gasteiger partial charge in [-0.05, 0) is 29.3 Å². The molecule has 162 valence electrons. The highest BCUT2D eigenvalue weighted by Gasteiger charge is 2.17. The van der Waals surface area contributed by atoms with Crippen molar-refractivity contribution in [2.45, 2.75) is 10.8 Å². The molecule has 1 aromatic heterocycles. The lowest BCUT2D eigenvalue weighted by atomic mass is 9.99. The average molecular weight is 452 g/mol. The van der Waals surface area contributed by atoms with Crippen molar-refractivity contribution in [3.05, 3.63) is 102 Å². The van der Waals surface area contributed by atoms with Crippen molar-refractivity contribution < 1.29 is 14.6 Å². The van der Waals surface area contributed by atoms with Crippen molar-refractivity contribution in [3.8, 4) is 34.2 Å². The summed E-state index contributed by atoms with van der Waals surface area (Å²) in [6.45, 7) is 0. The van der Waals surface area contributed by atoms with Gasteiger partial charge in [0.15, 0.2) is 0 Å². The summed E-state index contributed by atoms with van der Waals surface area (Å²) in [6.07, 6.45) is 0. The molecule has 6 heteroatoms. The molecule has 0 saturated heterocycles. The number of carbonyl (C=O) groups excluding carboxylic acids is 1. The molecule has 0 fully saturated rings. The van der Waals surface area contributed by atoms with Gasteiger partial charge in [-0.2, -0.15) is 5.26 Å². The van der Waals surface area contributed by atoms with Gasteiger partial charge in [-0.15, -0.1) is 11.8 Å². The number of nitrogens with zero attached hydrogens (tertiary/aromatic N) is 2. The van der Waals surface area contributed by atoms with Crippen LogP contribution in [0.4, 0.5) is 0 Å². The third kappa shape index (κ3) is 4.89. The zero-order valence-corrected chi connectivity index (χ0v) is 18.6. The van der Waals surface area contributed by atoms with E-state index in [2.05, 4.69) is 6.07 Å². The molecule has 0 N–H and O–H groups in total. The second-order valence-electron chi connectivity index (χ2n) is 7.17. The second kappa shape index (κ2) is 10.0. The van der Waals surface area contributed by atoms with E-state index in [0.717, 1.165) is 28.1 Å². The summed E-state index contributed by atoms with van der Waals surface area (Å²) in [6, 6.07) is 28.2. The third-order valence-electron chi connectivity index (χ3n) is 5.17.